The normalized spacial score (nSPS) is 26.6. The number of hydrogen-bond donors (Lipinski definition) is 4. The topological polar surface area (TPSA) is 161 Å². The molecule has 3 aromatic rings. The summed E-state index contributed by atoms with van der Waals surface area (Å²) in [5.74, 6) is 1.49. The van der Waals surface area contributed by atoms with Crippen LogP contribution in [0.4, 0.5) is 4.79 Å². The molecule has 50 heavy (non-hydrogen) atoms. The maximum Gasteiger partial charge on any atom is 0.407 e. The summed E-state index contributed by atoms with van der Waals surface area (Å²) in [6.45, 7) is 2.18. The third-order valence-corrected chi connectivity index (χ3v) is 10.7. The third kappa shape index (κ3) is 6.32. The van der Waals surface area contributed by atoms with Crippen molar-refractivity contribution in [1.29, 1.82) is 0 Å². The molecule has 8 rings (SSSR count). The molecule has 5 atom stereocenters. The fraction of sp³-hybridized carbons (Fsp3) is 0.459. The molecule has 4 N–H and O–H groups in total. The van der Waals surface area contributed by atoms with Crippen LogP contribution in [-0.2, 0) is 19.1 Å². The van der Waals surface area contributed by atoms with Gasteiger partial charge in [-0.1, -0.05) is 48.5 Å². The van der Waals surface area contributed by atoms with Gasteiger partial charge in [0.05, 0.1) is 43.2 Å². The lowest BCUT2D eigenvalue weighted by molar-refractivity contribution is -0.137. The molecule has 4 fully saturated rings. The van der Waals surface area contributed by atoms with Crippen LogP contribution in [0.2, 0.25) is 0 Å². The number of H-pyrrole nitrogens is 1. The Bertz CT molecular complexity index is 1800. The van der Waals surface area contributed by atoms with Crippen molar-refractivity contribution in [2.75, 3.05) is 26.2 Å². The Labute approximate surface area is 290 Å². The van der Waals surface area contributed by atoms with Gasteiger partial charge >= 0.3 is 6.09 Å². The lowest BCUT2D eigenvalue weighted by Crippen LogP contribution is -2.54. The van der Waals surface area contributed by atoms with E-state index in [0.717, 1.165) is 71.7 Å². The molecule has 0 bridgehead atoms. The molecule has 0 aliphatic carbocycles. The van der Waals surface area contributed by atoms with E-state index in [0.29, 0.717) is 38.9 Å². The minimum absolute atomic E-state index is 0.00679. The summed E-state index contributed by atoms with van der Waals surface area (Å²) in [5, 5.41) is 9.12. The highest BCUT2D eigenvalue weighted by molar-refractivity contribution is 5.96. The van der Waals surface area contributed by atoms with E-state index in [2.05, 4.69) is 74.4 Å². The molecule has 5 aliphatic rings. The van der Waals surface area contributed by atoms with E-state index >= 15 is 0 Å². The largest absolute Gasteiger partial charge is 0.449 e. The number of alkyl carbamates (subject to hydrolysis) is 1. The molecular formula is C37H42N8O5. The smallest absolute Gasteiger partial charge is 0.407 e. The maximum absolute atomic E-state index is 13.3. The van der Waals surface area contributed by atoms with E-state index in [1.165, 1.54) is 0 Å². The van der Waals surface area contributed by atoms with Crippen LogP contribution in [0.5, 0.6) is 0 Å². The second-order valence-corrected chi connectivity index (χ2v) is 13.8. The number of nitrogens with one attached hydrogen (secondary N) is 4. The Morgan fingerprint density at radius 1 is 0.740 bits per heavy atom. The molecule has 6 heterocycles. The number of piperidine rings is 1. The first-order valence-electron chi connectivity index (χ1n) is 17.8. The van der Waals surface area contributed by atoms with Crippen molar-refractivity contribution in [2.24, 2.45) is 4.99 Å². The molecule has 260 valence electrons. The van der Waals surface area contributed by atoms with Gasteiger partial charge < -0.3 is 35.5 Å². The minimum atomic E-state index is -0.563. The summed E-state index contributed by atoms with van der Waals surface area (Å²) < 4.78 is 4.93. The summed E-state index contributed by atoms with van der Waals surface area (Å²) in [5.41, 5.74) is 5.23. The molecule has 1 unspecified atom stereocenters. The van der Waals surface area contributed by atoms with Crippen LogP contribution in [0, 0.1) is 0 Å². The number of amidine groups is 1. The number of amides is 4. The number of aliphatic imine (C=N–C) groups is 1. The molecule has 4 saturated heterocycles. The summed E-state index contributed by atoms with van der Waals surface area (Å²) in [4.78, 5) is 66.7. The number of nitrogens with zero attached hydrogens (tertiary/aromatic N) is 4. The Hall–Kier alpha value is -5.20. The highest BCUT2D eigenvalue weighted by Crippen LogP contribution is 2.33. The molecule has 4 amide bonds. The molecule has 13 heteroatoms. The van der Waals surface area contributed by atoms with Crippen molar-refractivity contribution in [3.63, 3.8) is 0 Å². The Balaban J connectivity index is 0.882. The van der Waals surface area contributed by atoms with Crippen molar-refractivity contribution in [3.8, 4) is 22.4 Å². The Morgan fingerprint density at radius 3 is 2.12 bits per heavy atom. The van der Waals surface area contributed by atoms with Crippen molar-refractivity contribution in [3.05, 3.63) is 66.1 Å². The van der Waals surface area contributed by atoms with Crippen molar-refractivity contribution < 1.29 is 23.9 Å². The number of imidazole rings is 1. The predicted molar refractivity (Wildman–Crippen MR) is 185 cm³/mol. The van der Waals surface area contributed by atoms with Gasteiger partial charge in [-0.3, -0.25) is 19.4 Å². The van der Waals surface area contributed by atoms with Gasteiger partial charge in [0.1, 0.15) is 23.7 Å². The van der Waals surface area contributed by atoms with Crippen molar-refractivity contribution in [1.82, 2.24) is 35.7 Å². The molecule has 0 radical (unpaired) electrons. The standard InChI is InChI=1S/C37H42N8O5/c46-32-7-1-4-26(40-32)35(47)44-17-2-5-30(44)33-38-20-28(41-33)24-12-8-22(9-13-24)23-10-14-25(15-11-23)29-21-39-34(42-29)31-6-3-18-45(31)36(48)27-16-19-50-37(49)43-27/h8-15,21,26-28,30-31H,1-7,16-20H2,(H,38,41)(H,39,42)(H,40,46)(H,43,49)/t26-,27-,28?,30-,31-/m0/s1. The molecule has 5 aliphatic heterocycles. The molecule has 2 aromatic carbocycles. The zero-order valence-electron chi connectivity index (χ0n) is 27.9. The number of aromatic amines is 1. The second-order valence-electron chi connectivity index (χ2n) is 13.8. The van der Waals surface area contributed by atoms with Gasteiger partial charge in [-0.05, 0) is 60.8 Å². The average Bonchev–Trinajstić information content (AvgIpc) is 3.98. The summed E-state index contributed by atoms with van der Waals surface area (Å²) in [6, 6.07) is 15.7. The number of ether oxygens (including phenoxy) is 1. The number of likely N-dealkylation sites (tertiary alicyclic amines) is 2. The lowest BCUT2D eigenvalue weighted by Gasteiger charge is -2.31. The zero-order valence-corrected chi connectivity index (χ0v) is 27.9. The maximum atomic E-state index is 13.3. The fourth-order valence-electron chi connectivity index (χ4n) is 7.98. The second kappa shape index (κ2) is 13.6. The highest BCUT2D eigenvalue weighted by Gasteiger charge is 2.40. The number of carbonyl (C=O) groups is 4. The van der Waals surface area contributed by atoms with Gasteiger partial charge in [-0.15, -0.1) is 0 Å². The van der Waals surface area contributed by atoms with Crippen LogP contribution in [0.3, 0.4) is 0 Å². The van der Waals surface area contributed by atoms with Gasteiger partial charge in [0.2, 0.25) is 17.7 Å². The highest BCUT2D eigenvalue weighted by atomic mass is 16.6. The van der Waals surface area contributed by atoms with E-state index in [4.69, 9.17) is 9.73 Å². The Morgan fingerprint density at radius 2 is 1.40 bits per heavy atom. The molecular weight excluding hydrogens is 636 g/mol. The number of carbonyl (C=O) groups excluding carboxylic acids is 4. The van der Waals surface area contributed by atoms with Crippen LogP contribution in [0.25, 0.3) is 22.4 Å². The Kier molecular flexibility index (Phi) is 8.71. The number of aromatic nitrogens is 2. The first-order chi connectivity index (χ1) is 24.4. The van der Waals surface area contributed by atoms with Crippen LogP contribution >= 0.6 is 0 Å². The number of hydrogen-bond acceptors (Lipinski definition) is 8. The van der Waals surface area contributed by atoms with Gasteiger partial charge in [-0.25, -0.2) is 9.78 Å². The van der Waals surface area contributed by atoms with E-state index in [1.54, 1.807) is 0 Å². The van der Waals surface area contributed by atoms with Crippen LogP contribution in [-0.4, -0.2) is 93.8 Å². The van der Waals surface area contributed by atoms with Crippen molar-refractivity contribution in [2.45, 2.75) is 81.6 Å². The number of benzene rings is 2. The first-order valence-corrected chi connectivity index (χ1v) is 17.8. The van der Waals surface area contributed by atoms with Crippen LogP contribution < -0.4 is 16.0 Å². The molecule has 13 nitrogen and oxygen atoms in total. The SMILES string of the molecule is O=C1CCC[C@@H](C(=O)N2CCC[C@H]2C2=NCC(c3ccc(-c4ccc(-c5cnc([C@@H]6CCCN6C(=O)[C@@H]6CCOC(=O)N6)[nH]5)cc4)cc3)N2)N1. The molecule has 0 spiro atoms. The van der Waals surface area contributed by atoms with E-state index < -0.39 is 18.2 Å². The lowest BCUT2D eigenvalue weighted by atomic mass is 9.99. The van der Waals surface area contributed by atoms with Gasteiger partial charge in [0.25, 0.3) is 0 Å². The minimum Gasteiger partial charge on any atom is -0.449 e. The van der Waals surface area contributed by atoms with E-state index in [-0.39, 0.29) is 42.5 Å². The van der Waals surface area contributed by atoms with Gasteiger partial charge in [-0.2, -0.15) is 0 Å². The van der Waals surface area contributed by atoms with E-state index in [1.807, 2.05) is 16.0 Å². The molecule has 1 aromatic heterocycles. The number of rotatable bonds is 7. The predicted octanol–water partition coefficient (Wildman–Crippen LogP) is 3.61. The average molecular weight is 679 g/mol. The van der Waals surface area contributed by atoms with Crippen LogP contribution in [0.1, 0.15) is 74.8 Å². The summed E-state index contributed by atoms with van der Waals surface area (Å²) >= 11 is 0. The summed E-state index contributed by atoms with van der Waals surface area (Å²) in [6.07, 6.45) is 7.16. The first kappa shape index (κ1) is 32.0. The van der Waals surface area contributed by atoms with Crippen molar-refractivity contribution >= 4 is 29.7 Å². The zero-order chi connectivity index (χ0) is 34.2. The van der Waals surface area contributed by atoms with Crippen LogP contribution in [0.15, 0.2) is 59.7 Å². The summed E-state index contributed by atoms with van der Waals surface area (Å²) in [7, 11) is 0. The monoisotopic (exact) mass is 678 g/mol. The van der Waals surface area contributed by atoms with Gasteiger partial charge in [0, 0.05) is 25.9 Å². The fourth-order valence-corrected chi connectivity index (χ4v) is 7.98. The number of cyclic esters (lactones) is 1. The van der Waals surface area contributed by atoms with Gasteiger partial charge in [0.15, 0.2) is 0 Å². The quantitative estimate of drug-likeness (QED) is 0.297. The molecule has 0 saturated carbocycles. The van der Waals surface area contributed by atoms with E-state index in [9.17, 15) is 19.2 Å². The third-order valence-electron chi connectivity index (χ3n) is 10.7.